The Labute approximate surface area is 111 Å². The first-order chi connectivity index (χ1) is 8.68. The molecule has 1 amide bonds. The Morgan fingerprint density at radius 1 is 1.39 bits per heavy atom. The zero-order valence-corrected chi connectivity index (χ0v) is 11.2. The molecule has 4 nitrogen and oxygen atoms in total. The van der Waals surface area contributed by atoms with Gasteiger partial charge in [-0.3, -0.25) is 4.79 Å². The monoisotopic (exact) mass is 261 g/mol. The molecule has 5 heteroatoms. The van der Waals surface area contributed by atoms with Gasteiger partial charge in [-0.1, -0.05) is 30.0 Å². The number of aryl methyl sites for hydroxylation is 1. The van der Waals surface area contributed by atoms with Crippen LogP contribution in [0.1, 0.15) is 0 Å². The first-order valence-electron chi connectivity index (χ1n) is 5.60. The van der Waals surface area contributed by atoms with E-state index < -0.39 is 0 Å². The molecule has 0 aliphatic rings. The first-order valence-corrected chi connectivity index (χ1v) is 6.59. The highest BCUT2D eigenvalue weighted by Gasteiger charge is 2.12. The highest BCUT2D eigenvalue weighted by Crippen LogP contribution is 2.17. The molecule has 2 aromatic rings. The summed E-state index contributed by atoms with van der Waals surface area (Å²) in [5.41, 5.74) is 0.906. The third-order valence-corrected chi connectivity index (χ3v) is 3.66. The smallest absolute Gasteiger partial charge is 0.237 e. The number of benzene rings is 1. The van der Waals surface area contributed by atoms with Crippen LogP contribution in [0.2, 0.25) is 0 Å². The van der Waals surface area contributed by atoms with E-state index in [9.17, 15) is 4.79 Å². The molecule has 0 saturated heterocycles. The van der Waals surface area contributed by atoms with Crippen LogP contribution in [0, 0.1) is 0 Å². The molecule has 94 valence electrons. The number of rotatable bonds is 4. The number of carbonyl (C=O) groups is 1. The molecule has 0 saturated carbocycles. The van der Waals surface area contributed by atoms with Gasteiger partial charge < -0.3 is 9.47 Å². The number of amides is 1. The van der Waals surface area contributed by atoms with E-state index in [4.69, 9.17) is 0 Å². The minimum absolute atomic E-state index is 0.0641. The molecular weight excluding hydrogens is 246 g/mol. The molecule has 0 spiro atoms. The summed E-state index contributed by atoms with van der Waals surface area (Å²) in [6.45, 7) is 0. The Balaban J connectivity index is 1.95. The Bertz CT molecular complexity index is 524. The molecular formula is C13H15N3OS. The predicted molar refractivity (Wildman–Crippen MR) is 73.8 cm³/mol. The Morgan fingerprint density at radius 3 is 2.72 bits per heavy atom. The van der Waals surface area contributed by atoms with Crippen molar-refractivity contribution in [2.75, 3.05) is 17.7 Å². The Kier molecular flexibility index (Phi) is 4.04. The van der Waals surface area contributed by atoms with Crippen molar-refractivity contribution in [3.63, 3.8) is 0 Å². The van der Waals surface area contributed by atoms with Gasteiger partial charge in [0.15, 0.2) is 5.16 Å². The maximum absolute atomic E-state index is 12.0. The predicted octanol–water partition coefficient (Wildman–Crippen LogP) is 2.18. The van der Waals surface area contributed by atoms with E-state index in [0.717, 1.165) is 10.8 Å². The molecule has 0 fully saturated rings. The molecule has 0 N–H and O–H groups in total. The van der Waals surface area contributed by atoms with Crippen LogP contribution in [-0.2, 0) is 11.8 Å². The molecule has 0 radical (unpaired) electrons. The largest absolute Gasteiger partial charge is 0.329 e. The lowest BCUT2D eigenvalue weighted by atomic mass is 10.3. The minimum atomic E-state index is 0.0641. The van der Waals surface area contributed by atoms with Crippen molar-refractivity contribution in [1.29, 1.82) is 0 Å². The van der Waals surface area contributed by atoms with Crippen molar-refractivity contribution >= 4 is 23.4 Å². The SMILES string of the molecule is CN(C(=O)CSc1nccn1C)c1ccccc1. The fourth-order valence-corrected chi connectivity index (χ4v) is 2.36. The molecule has 1 heterocycles. The van der Waals surface area contributed by atoms with Gasteiger partial charge in [0.05, 0.1) is 5.75 Å². The fourth-order valence-electron chi connectivity index (χ4n) is 1.51. The summed E-state index contributed by atoms with van der Waals surface area (Å²) in [7, 11) is 3.71. The van der Waals surface area contributed by atoms with E-state index in [1.807, 2.05) is 48.1 Å². The fraction of sp³-hybridized carbons (Fsp3) is 0.231. The average molecular weight is 261 g/mol. The van der Waals surface area contributed by atoms with E-state index in [1.165, 1.54) is 11.8 Å². The van der Waals surface area contributed by atoms with E-state index in [0.29, 0.717) is 5.75 Å². The lowest BCUT2D eigenvalue weighted by Gasteiger charge is -2.16. The van der Waals surface area contributed by atoms with Crippen LogP contribution < -0.4 is 4.90 Å². The number of carbonyl (C=O) groups excluding carboxylic acids is 1. The van der Waals surface area contributed by atoms with Crippen molar-refractivity contribution in [3.8, 4) is 0 Å². The standard InChI is InChI=1S/C13H15N3OS/c1-15-9-8-14-13(15)18-10-12(17)16(2)11-6-4-3-5-7-11/h3-9H,10H2,1-2H3. The molecule has 1 aromatic carbocycles. The molecule has 0 aliphatic heterocycles. The van der Waals surface area contributed by atoms with Crippen LogP contribution in [0.5, 0.6) is 0 Å². The third-order valence-electron chi connectivity index (χ3n) is 2.62. The number of imidazole rings is 1. The van der Waals surface area contributed by atoms with Gasteiger partial charge in [-0.25, -0.2) is 4.98 Å². The van der Waals surface area contributed by atoms with Crippen LogP contribution in [0.3, 0.4) is 0 Å². The maximum atomic E-state index is 12.0. The molecule has 0 atom stereocenters. The molecule has 2 rings (SSSR count). The zero-order chi connectivity index (χ0) is 13.0. The maximum Gasteiger partial charge on any atom is 0.237 e. The summed E-state index contributed by atoms with van der Waals surface area (Å²) >= 11 is 1.45. The second-order valence-corrected chi connectivity index (χ2v) is 4.84. The number of nitrogens with zero attached hydrogens (tertiary/aromatic N) is 3. The molecule has 0 bridgehead atoms. The normalized spacial score (nSPS) is 10.3. The number of hydrogen-bond acceptors (Lipinski definition) is 3. The second kappa shape index (κ2) is 5.73. The van der Waals surface area contributed by atoms with Crippen molar-refractivity contribution in [2.24, 2.45) is 7.05 Å². The first kappa shape index (κ1) is 12.7. The summed E-state index contributed by atoms with van der Waals surface area (Å²) in [6, 6.07) is 9.62. The lowest BCUT2D eigenvalue weighted by molar-refractivity contribution is -0.115. The topological polar surface area (TPSA) is 38.1 Å². The summed E-state index contributed by atoms with van der Waals surface area (Å²) in [5, 5.41) is 0.852. The van der Waals surface area contributed by atoms with Crippen molar-refractivity contribution in [1.82, 2.24) is 9.55 Å². The average Bonchev–Trinajstić information content (AvgIpc) is 2.81. The van der Waals surface area contributed by atoms with Crippen molar-refractivity contribution in [2.45, 2.75) is 5.16 Å². The molecule has 18 heavy (non-hydrogen) atoms. The van der Waals surface area contributed by atoms with Gasteiger partial charge in [0.1, 0.15) is 0 Å². The van der Waals surface area contributed by atoms with E-state index in [2.05, 4.69) is 4.98 Å². The van der Waals surface area contributed by atoms with E-state index >= 15 is 0 Å². The molecule has 0 aliphatic carbocycles. The van der Waals surface area contributed by atoms with Crippen LogP contribution >= 0.6 is 11.8 Å². The van der Waals surface area contributed by atoms with Gasteiger partial charge in [-0.2, -0.15) is 0 Å². The Morgan fingerprint density at radius 2 is 2.11 bits per heavy atom. The van der Waals surface area contributed by atoms with E-state index in [-0.39, 0.29) is 5.91 Å². The summed E-state index contributed by atoms with van der Waals surface area (Å²) in [5.74, 6) is 0.449. The number of hydrogen-bond donors (Lipinski definition) is 0. The number of anilines is 1. The molecule has 0 unspecified atom stereocenters. The van der Waals surface area contributed by atoms with Crippen LogP contribution in [0.25, 0.3) is 0 Å². The van der Waals surface area contributed by atoms with Crippen molar-refractivity contribution in [3.05, 3.63) is 42.7 Å². The van der Waals surface area contributed by atoms with Crippen LogP contribution in [0.15, 0.2) is 47.9 Å². The summed E-state index contributed by atoms with van der Waals surface area (Å²) in [6.07, 6.45) is 3.60. The van der Waals surface area contributed by atoms with E-state index in [1.54, 1.807) is 18.1 Å². The summed E-state index contributed by atoms with van der Waals surface area (Å²) in [4.78, 5) is 17.9. The number of para-hydroxylation sites is 1. The summed E-state index contributed by atoms with van der Waals surface area (Å²) < 4.78 is 1.90. The van der Waals surface area contributed by atoms with Gasteiger partial charge >= 0.3 is 0 Å². The van der Waals surface area contributed by atoms with Gasteiger partial charge in [0.2, 0.25) is 5.91 Å². The highest BCUT2D eigenvalue weighted by molar-refractivity contribution is 7.99. The third kappa shape index (κ3) is 2.92. The zero-order valence-electron chi connectivity index (χ0n) is 10.4. The van der Waals surface area contributed by atoms with Gasteiger partial charge in [0, 0.05) is 32.2 Å². The number of thioether (sulfide) groups is 1. The second-order valence-electron chi connectivity index (χ2n) is 3.90. The molecule has 1 aromatic heterocycles. The van der Waals surface area contributed by atoms with Crippen LogP contribution in [-0.4, -0.2) is 28.3 Å². The van der Waals surface area contributed by atoms with Gasteiger partial charge in [0.25, 0.3) is 0 Å². The van der Waals surface area contributed by atoms with Gasteiger partial charge in [-0.15, -0.1) is 0 Å². The van der Waals surface area contributed by atoms with Crippen LogP contribution in [0.4, 0.5) is 5.69 Å². The lowest BCUT2D eigenvalue weighted by Crippen LogP contribution is -2.27. The minimum Gasteiger partial charge on any atom is -0.329 e. The highest BCUT2D eigenvalue weighted by atomic mass is 32.2. The van der Waals surface area contributed by atoms with Crippen molar-refractivity contribution < 1.29 is 4.79 Å². The Hall–Kier alpha value is -1.75. The number of aromatic nitrogens is 2. The quantitative estimate of drug-likeness (QED) is 0.792. The van der Waals surface area contributed by atoms with Gasteiger partial charge in [-0.05, 0) is 12.1 Å².